The molecule has 0 spiro atoms. The maximum atomic E-state index is 12.0. The largest absolute Gasteiger partial charge is 0.495 e. The molecule has 0 saturated carbocycles. The van der Waals surface area contributed by atoms with E-state index in [4.69, 9.17) is 16.3 Å². The minimum atomic E-state index is -0.0803. The van der Waals surface area contributed by atoms with Crippen molar-refractivity contribution in [3.63, 3.8) is 0 Å². The van der Waals surface area contributed by atoms with Crippen molar-refractivity contribution in [3.05, 3.63) is 59.1 Å². The van der Waals surface area contributed by atoms with Gasteiger partial charge in [-0.1, -0.05) is 41.9 Å². The number of rotatable bonds is 6. The highest BCUT2D eigenvalue weighted by Crippen LogP contribution is 2.27. The second-order valence-electron chi connectivity index (χ2n) is 4.90. The van der Waals surface area contributed by atoms with Gasteiger partial charge in [-0.25, -0.2) is 0 Å². The van der Waals surface area contributed by atoms with Crippen LogP contribution in [-0.4, -0.2) is 19.6 Å². The Morgan fingerprint density at radius 3 is 2.59 bits per heavy atom. The zero-order chi connectivity index (χ0) is 15.9. The molecule has 5 heteroatoms. The summed E-state index contributed by atoms with van der Waals surface area (Å²) < 4.78 is 5.09. The topological polar surface area (TPSA) is 50.4 Å². The molecule has 0 radical (unpaired) electrons. The summed E-state index contributed by atoms with van der Waals surface area (Å²) >= 11 is 6.04. The molecule has 4 nitrogen and oxygen atoms in total. The van der Waals surface area contributed by atoms with Crippen LogP contribution in [0, 0.1) is 0 Å². The average Bonchev–Trinajstić information content (AvgIpc) is 2.54. The second-order valence-corrected chi connectivity index (χ2v) is 5.31. The van der Waals surface area contributed by atoms with Crippen LogP contribution >= 0.6 is 11.6 Å². The molecule has 1 unspecified atom stereocenters. The quantitative estimate of drug-likeness (QED) is 0.855. The maximum Gasteiger partial charge on any atom is 0.239 e. The predicted molar refractivity (Wildman–Crippen MR) is 89.5 cm³/mol. The van der Waals surface area contributed by atoms with Gasteiger partial charge in [0, 0.05) is 5.69 Å². The van der Waals surface area contributed by atoms with Gasteiger partial charge >= 0.3 is 0 Å². The number of ether oxygens (including phenoxy) is 1. The molecule has 0 aliphatic heterocycles. The van der Waals surface area contributed by atoms with Crippen molar-refractivity contribution in [2.75, 3.05) is 19.0 Å². The highest BCUT2D eigenvalue weighted by molar-refractivity contribution is 6.32. The minimum Gasteiger partial charge on any atom is -0.495 e. The van der Waals surface area contributed by atoms with Crippen molar-refractivity contribution in [2.45, 2.75) is 13.0 Å². The first kappa shape index (κ1) is 16.2. The van der Waals surface area contributed by atoms with Gasteiger partial charge in [0.05, 0.1) is 24.7 Å². The van der Waals surface area contributed by atoms with E-state index in [1.807, 2.05) is 43.3 Å². The summed E-state index contributed by atoms with van der Waals surface area (Å²) in [5, 5.41) is 6.49. The van der Waals surface area contributed by atoms with Crippen molar-refractivity contribution in [1.29, 1.82) is 0 Å². The Morgan fingerprint density at radius 1 is 1.23 bits per heavy atom. The van der Waals surface area contributed by atoms with E-state index in [1.54, 1.807) is 19.2 Å². The Kier molecular flexibility index (Phi) is 5.67. The molecule has 0 heterocycles. The standard InChI is InChI=1S/C17H19ClN2O2/c1-12(13-6-4-3-5-7-13)20-17(21)11-19-14-8-9-16(22-2)15(18)10-14/h3-10,12,19H,11H2,1-2H3,(H,20,21). The molecule has 1 amide bonds. The molecule has 2 aromatic carbocycles. The van der Waals surface area contributed by atoms with Crippen LogP contribution in [0.4, 0.5) is 5.69 Å². The molecule has 2 aromatic rings. The van der Waals surface area contributed by atoms with E-state index in [1.165, 1.54) is 0 Å². The van der Waals surface area contributed by atoms with Gasteiger partial charge in [0.2, 0.25) is 5.91 Å². The smallest absolute Gasteiger partial charge is 0.239 e. The fraction of sp³-hybridized carbons (Fsp3) is 0.235. The van der Waals surface area contributed by atoms with E-state index in [2.05, 4.69) is 10.6 Å². The van der Waals surface area contributed by atoms with Crippen LogP contribution in [0.5, 0.6) is 5.75 Å². The third-order valence-corrected chi connectivity index (χ3v) is 3.58. The number of amides is 1. The number of halogens is 1. The van der Waals surface area contributed by atoms with Crippen LogP contribution < -0.4 is 15.4 Å². The number of hydrogen-bond acceptors (Lipinski definition) is 3. The first-order valence-corrected chi connectivity index (χ1v) is 7.39. The van der Waals surface area contributed by atoms with Gasteiger partial charge in [0.1, 0.15) is 5.75 Å². The minimum absolute atomic E-state index is 0.0324. The van der Waals surface area contributed by atoms with E-state index >= 15 is 0 Å². The van der Waals surface area contributed by atoms with Crippen molar-refractivity contribution in [2.24, 2.45) is 0 Å². The van der Waals surface area contributed by atoms with Crippen LogP contribution in [-0.2, 0) is 4.79 Å². The van der Waals surface area contributed by atoms with Gasteiger partial charge in [-0.2, -0.15) is 0 Å². The normalized spacial score (nSPS) is 11.6. The first-order chi connectivity index (χ1) is 10.6. The lowest BCUT2D eigenvalue weighted by molar-refractivity contribution is -0.120. The number of anilines is 1. The Labute approximate surface area is 135 Å². The maximum absolute atomic E-state index is 12.0. The highest BCUT2D eigenvalue weighted by Gasteiger charge is 2.09. The van der Waals surface area contributed by atoms with Gasteiger partial charge in [-0.3, -0.25) is 4.79 Å². The number of benzene rings is 2. The van der Waals surface area contributed by atoms with Gasteiger partial charge in [-0.15, -0.1) is 0 Å². The van der Waals surface area contributed by atoms with Crippen molar-refractivity contribution in [1.82, 2.24) is 5.32 Å². The van der Waals surface area contributed by atoms with Crippen LogP contribution in [0.2, 0.25) is 5.02 Å². The van der Waals surface area contributed by atoms with Crippen molar-refractivity contribution < 1.29 is 9.53 Å². The van der Waals surface area contributed by atoms with Crippen molar-refractivity contribution >= 4 is 23.2 Å². The Balaban J connectivity index is 1.86. The van der Waals surface area contributed by atoms with Gasteiger partial charge in [0.25, 0.3) is 0 Å². The lowest BCUT2D eigenvalue weighted by Crippen LogP contribution is -2.32. The van der Waals surface area contributed by atoms with E-state index in [-0.39, 0.29) is 18.5 Å². The molecule has 0 bridgehead atoms. The molecular formula is C17H19ClN2O2. The third kappa shape index (κ3) is 4.40. The molecule has 0 saturated heterocycles. The molecule has 2 N–H and O–H groups in total. The van der Waals surface area contributed by atoms with E-state index in [0.717, 1.165) is 11.3 Å². The lowest BCUT2D eigenvalue weighted by Gasteiger charge is -2.15. The molecule has 22 heavy (non-hydrogen) atoms. The SMILES string of the molecule is COc1ccc(NCC(=O)NC(C)c2ccccc2)cc1Cl. The number of hydrogen-bond donors (Lipinski definition) is 2. The summed E-state index contributed by atoms with van der Waals surface area (Å²) in [5.74, 6) is 0.526. The van der Waals surface area contributed by atoms with Crippen molar-refractivity contribution in [3.8, 4) is 5.75 Å². The van der Waals surface area contributed by atoms with Gasteiger partial charge in [0.15, 0.2) is 0 Å². The molecule has 0 aliphatic rings. The van der Waals surface area contributed by atoms with Gasteiger partial charge in [-0.05, 0) is 30.7 Å². The highest BCUT2D eigenvalue weighted by atomic mass is 35.5. The Hall–Kier alpha value is -2.20. The predicted octanol–water partition coefficient (Wildman–Crippen LogP) is 3.64. The molecule has 0 aliphatic carbocycles. The molecule has 2 rings (SSSR count). The average molecular weight is 319 g/mol. The first-order valence-electron chi connectivity index (χ1n) is 7.02. The molecule has 0 fully saturated rings. The van der Waals surface area contributed by atoms with Crippen LogP contribution in [0.25, 0.3) is 0 Å². The summed E-state index contributed by atoms with van der Waals surface area (Å²) in [6.07, 6.45) is 0. The summed E-state index contributed by atoms with van der Waals surface area (Å²) in [6, 6.07) is 15.1. The summed E-state index contributed by atoms with van der Waals surface area (Å²) in [6.45, 7) is 2.14. The molecule has 116 valence electrons. The zero-order valence-electron chi connectivity index (χ0n) is 12.6. The Bertz CT molecular complexity index is 632. The fourth-order valence-corrected chi connectivity index (χ4v) is 2.33. The zero-order valence-corrected chi connectivity index (χ0v) is 13.4. The number of carbonyl (C=O) groups is 1. The number of carbonyl (C=O) groups excluding carboxylic acids is 1. The number of nitrogens with one attached hydrogen (secondary N) is 2. The van der Waals surface area contributed by atoms with Gasteiger partial charge < -0.3 is 15.4 Å². The van der Waals surface area contributed by atoms with E-state index in [0.29, 0.717) is 10.8 Å². The van der Waals surface area contributed by atoms with Crippen LogP contribution in [0.3, 0.4) is 0 Å². The molecule has 1 atom stereocenters. The van der Waals surface area contributed by atoms with Crippen LogP contribution in [0.15, 0.2) is 48.5 Å². The Morgan fingerprint density at radius 2 is 1.95 bits per heavy atom. The molecular weight excluding hydrogens is 300 g/mol. The summed E-state index contributed by atoms with van der Waals surface area (Å²) in [7, 11) is 1.56. The third-order valence-electron chi connectivity index (χ3n) is 3.28. The van der Waals surface area contributed by atoms with E-state index in [9.17, 15) is 4.79 Å². The van der Waals surface area contributed by atoms with E-state index < -0.39 is 0 Å². The van der Waals surface area contributed by atoms with Crippen LogP contribution in [0.1, 0.15) is 18.5 Å². The lowest BCUT2D eigenvalue weighted by atomic mass is 10.1. The number of methoxy groups -OCH3 is 1. The summed E-state index contributed by atoms with van der Waals surface area (Å²) in [4.78, 5) is 12.0. The monoisotopic (exact) mass is 318 g/mol. The second kappa shape index (κ2) is 7.71. The molecule has 0 aromatic heterocycles. The summed E-state index contributed by atoms with van der Waals surface area (Å²) in [5.41, 5.74) is 1.84. The fourth-order valence-electron chi connectivity index (χ4n) is 2.08.